The van der Waals surface area contributed by atoms with Crippen molar-refractivity contribution in [1.82, 2.24) is 24.7 Å². The van der Waals surface area contributed by atoms with E-state index in [0.29, 0.717) is 0 Å². The summed E-state index contributed by atoms with van der Waals surface area (Å²) in [6.45, 7) is 12.9. The second kappa shape index (κ2) is 7.98. The average Bonchev–Trinajstić information content (AvgIpc) is 3.35. The van der Waals surface area contributed by atoms with Crippen LogP contribution in [-0.2, 0) is 5.41 Å². The Balaban J connectivity index is 1.84. The van der Waals surface area contributed by atoms with E-state index in [1.165, 1.54) is 11.1 Å². The van der Waals surface area contributed by atoms with Crippen LogP contribution in [0.5, 0.6) is 0 Å². The number of hydrogen-bond acceptors (Lipinski definition) is 5. The van der Waals surface area contributed by atoms with Crippen molar-refractivity contribution in [2.45, 2.75) is 56.5 Å². The van der Waals surface area contributed by atoms with Crippen molar-refractivity contribution < 1.29 is 0 Å². The maximum Gasteiger partial charge on any atom is 0.203 e. The maximum absolute atomic E-state index is 4.87. The molecule has 4 rings (SSSR count). The van der Waals surface area contributed by atoms with E-state index in [0.717, 1.165) is 41.9 Å². The van der Waals surface area contributed by atoms with Crippen LogP contribution in [0.1, 0.15) is 43.3 Å². The van der Waals surface area contributed by atoms with Gasteiger partial charge in [0.25, 0.3) is 0 Å². The molecule has 0 spiro atoms. The van der Waals surface area contributed by atoms with Crippen LogP contribution in [0.15, 0.2) is 43.6 Å². The first-order valence-electron chi connectivity index (χ1n) is 9.68. The van der Waals surface area contributed by atoms with Gasteiger partial charge in [0.15, 0.2) is 10.2 Å². The molecule has 1 aromatic carbocycles. The van der Waals surface area contributed by atoms with Crippen LogP contribution in [0.3, 0.4) is 0 Å². The summed E-state index contributed by atoms with van der Waals surface area (Å²) < 4.78 is 4.11. The molecule has 8 heteroatoms. The lowest BCUT2D eigenvalue weighted by Crippen LogP contribution is -2.12. The summed E-state index contributed by atoms with van der Waals surface area (Å²) >= 11 is 6.87. The average molecular weight is 503 g/mol. The number of nitrogens with one attached hydrogen (secondary N) is 1. The Morgan fingerprint density at radius 2 is 1.73 bits per heavy atom. The molecule has 4 aromatic rings. The lowest BCUT2D eigenvalue weighted by molar-refractivity contribution is 0.566. The number of halogens is 1. The van der Waals surface area contributed by atoms with E-state index in [1.54, 1.807) is 23.1 Å². The van der Waals surface area contributed by atoms with Crippen LogP contribution in [0, 0.1) is 20.8 Å². The number of H-pyrrole nitrogens is 1. The van der Waals surface area contributed by atoms with Gasteiger partial charge >= 0.3 is 0 Å². The summed E-state index contributed by atoms with van der Waals surface area (Å²) in [6.07, 6.45) is 0. The molecule has 0 radical (unpaired) electrons. The van der Waals surface area contributed by atoms with Crippen LogP contribution >= 0.6 is 39.0 Å². The number of benzene rings is 1. The highest BCUT2D eigenvalue weighted by molar-refractivity contribution is 9.11. The lowest BCUT2D eigenvalue weighted by Gasteiger charge is -2.15. The van der Waals surface area contributed by atoms with Crippen LogP contribution in [-0.4, -0.2) is 24.7 Å². The summed E-state index contributed by atoms with van der Waals surface area (Å²) in [5.41, 5.74) is 6.66. The largest absolute Gasteiger partial charge is 0.356 e. The van der Waals surface area contributed by atoms with Gasteiger partial charge in [0.2, 0.25) is 5.16 Å². The quantitative estimate of drug-likeness (QED) is 0.331. The Morgan fingerprint density at radius 1 is 1.03 bits per heavy atom. The van der Waals surface area contributed by atoms with Gasteiger partial charge in [-0.2, -0.15) is 0 Å². The zero-order valence-corrected chi connectivity index (χ0v) is 21.1. The number of thiazole rings is 1. The molecule has 156 valence electrons. The molecule has 5 nitrogen and oxygen atoms in total. The first-order chi connectivity index (χ1) is 14.2. The third-order valence-corrected chi connectivity index (χ3v) is 7.85. The molecule has 0 amide bonds. The number of hydrogen-bond donors (Lipinski definition) is 1. The molecule has 0 aliphatic rings. The van der Waals surface area contributed by atoms with E-state index in [9.17, 15) is 0 Å². The minimum atomic E-state index is -0.0250. The fourth-order valence-electron chi connectivity index (χ4n) is 3.24. The molecule has 0 bridgehead atoms. The summed E-state index contributed by atoms with van der Waals surface area (Å²) in [4.78, 5) is 8.37. The standard InChI is InChI=1S/C22H24BrN5S2/c1-12-13(2)16(24-14(12)3)19-26-27-20(28(19)15-10-8-7-9-11-15)30-21-25-17(18(23)29-21)22(4,5)6/h7-11,24H,1-6H3. The molecule has 0 aliphatic heterocycles. The third-order valence-electron chi connectivity index (χ3n) is 5.14. The molecule has 1 N–H and O–H groups in total. The van der Waals surface area contributed by atoms with Crippen LogP contribution < -0.4 is 0 Å². The summed E-state index contributed by atoms with van der Waals surface area (Å²) in [5, 5.41) is 9.92. The minimum absolute atomic E-state index is 0.0250. The van der Waals surface area contributed by atoms with Gasteiger partial charge in [-0.25, -0.2) is 4.98 Å². The van der Waals surface area contributed by atoms with Gasteiger partial charge in [0.05, 0.1) is 15.2 Å². The van der Waals surface area contributed by atoms with Crippen molar-refractivity contribution in [2.24, 2.45) is 0 Å². The summed E-state index contributed by atoms with van der Waals surface area (Å²) in [6, 6.07) is 10.2. The highest BCUT2D eigenvalue weighted by Crippen LogP contribution is 2.41. The van der Waals surface area contributed by atoms with Crippen molar-refractivity contribution in [3.8, 4) is 17.2 Å². The van der Waals surface area contributed by atoms with Gasteiger partial charge in [-0.05, 0) is 71.7 Å². The predicted octanol–water partition coefficient (Wildman–Crippen LogP) is 6.86. The number of para-hydroxylation sites is 1. The topological polar surface area (TPSA) is 59.4 Å². The van der Waals surface area contributed by atoms with Crippen LogP contribution in [0.2, 0.25) is 0 Å². The number of aromatic amines is 1. The molecule has 0 unspecified atom stereocenters. The van der Waals surface area contributed by atoms with Crippen molar-refractivity contribution in [3.63, 3.8) is 0 Å². The Labute approximate surface area is 193 Å². The number of rotatable bonds is 4. The Kier molecular flexibility index (Phi) is 5.67. The predicted molar refractivity (Wildman–Crippen MR) is 128 cm³/mol. The van der Waals surface area contributed by atoms with Crippen LogP contribution in [0.25, 0.3) is 17.2 Å². The van der Waals surface area contributed by atoms with Gasteiger partial charge in [0, 0.05) is 16.8 Å². The second-order valence-corrected chi connectivity index (χ2v) is 11.8. The molecule has 0 aliphatic carbocycles. The number of nitrogens with zero attached hydrogens (tertiary/aromatic N) is 4. The molecular weight excluding hydrogens is 478 g/mol. The maximum atomic E-state index is 4.87. The molecule has 0 atom stereocenters. The fourth-order valence-corrected chi connectivity index (χ4v) is 6.74. The number of aryl methyl sites for hydroxylation is 1. The zero-order chi connectivity index (χ0) is 21.6. The second-order valence-electron chi connectivity index (χ2n) is 8.31. The molecule has 0 saturated carbocycles. The van der Waals surface area contributed by atoms with Gasteiger partial charge in [-0.15, -0.1) is 10.2 Å². The fraction of sp³-hybridized carbons (Fsp3) is 0.318. The van der Waals surface area contributed by atoms with E-state index in [-0.39, 0.29) is 5.41 Å². The normalized spacial score (nSPS) is 12.0. The zero-order valence-electron chi connectivity index (χ0n) is 17.9. The lowest BCUT2D eigenvalue weighted by atomic mass is 9.93. The minimum Gasteiger partial charge on any atom is -0.356 e. The van der Waals surface area contributed by atoms with E-state index >= 15 is 0 Å². The molecule has 30 heavy (non-hydrogen) atoms. The van der Waals surface area contributed by atoms with E-state index in [2.05, 4.69) is 89.4 Å². The Hall–Kier alpha value is -1.90. The van der Waals surface area contributed by atoms with Crippen molar-refractivity contribution in [2.75, 3.05) is 0 Å². The smallest absolute Gasteiger partial charge is 0.203 e. The Bertz CT molecular complexity index is 1200. The first-order valence-corrected chi connectivity index (χ1v) is 12.1. The first kappa shape index (κ1) is 21.3. The molecular formula is C22H24BrN5S2. The third kappa shape index (κ3) is 3.88. The molecule has 0 fully saturated rings. The Morgan fingerprint density at radius 3 is 2.30 bits per heavy atom. The highest BCUT2D eigenvalue weighted by Gasteiger charge is 2.25. The van der Waals surface area contributed by atoms with Gasteiger partial charge < -0.3 is 4.98 Å². The van der Waals surface area contributed by atoms with Crippen molar-refractivity contribution in [3.05, 3.63) is 56.6 Å². The van der Waals surface area contributed by atoms with E-state index in [4.69, 9.17) is 4.98 Å². The van der Waals surface area contributed by atoms with Gasteiger partial charge in [-0.3, -0.25) is 4.57 Å². The molecule has 3 heterocycles. The van der Waals surface area contributed by atoms with Crippen LogP contribution in [0.4, 0.5) is 0 Å². The summed E-state index contributed by atoms with van der Waals surface area (Å²) in [7, 11) is 0. The van der Waals surface area contributed by atoms with E-state index < -0.39 is 0 Å². The highest BCUT2D eigenvalue weighted by atomic mass is 79.9. The van der Waals surface area contributed by atoms with E-state index in [1.807, 2.05) is 18.2 Å². The van der Waals surface area contributed by atoms with Crippen molar-refractivity contribution in [1.29, 1.82) is 0 Å². The SMILES string of the molecule is Cc1[nH]c(-c2nnc(Sc3nc(C(C)(C)C)c(Br)s3)n2-c2ccccc2)c(C)c1C. The summed E-state index contributed by atoms with van der Waals surface area (Å²) in [5.74, 6) is 0.809. The number of aromatic nitrogens is 5. The molecule has 3 aromatic heterocycles. The monoisotopic (exact) mass is 501 g/mol. The molecule has 0 saturated heterocycles. The van der Waals surface area contributed by atoms with Crippen molar-refractivity contribution >= 4 is 39.0 Å². The van der Waals surface area contributed by atoms with Gasteiger partial charge in [-0.1, -0.05) is 50.3 Å². The van der Waals surface area contributed by atoms with Gasteiger partial charge in [0.1, 0.15) is 0 Å².